The molecule has 5 heteroatoms. The number of aryl methyl sites for hydroxylation is 2. The molecule has 0 aromatic carbocycles. The van der Waals surface area contributed by atoms with E-state index in [9.17, 15) is 4.79 Å². The van der Waals surface area contributed by atoms with Crippen LogP contribution in [0.3, 0.4) is 0 Å². The molecule has 2 aromatic rings. The van der Waals surface area contributed by atoms with E-state index in [2.05, 4.69) is 22.1 Å². The molecule has 0 saturated heterocycles. The Balaban J connectivity index is 2.17. The van der Waals surface area contributed by atoms with Crippen molar-refractivity contribution in [2.24, 2.45) is 0 Å². The van der Waals surface area contributed by atoms with Crippen LogP contribution < -0.4 is 5.32 Å². The Morgan fingerprint density at radius 3 is 2.95 bits per heavy atom. The fourth-order valence-corrected chi connectivity index (χ4v) is 2.57. The lowest BCUT2D eigenvalue weighted by atomic mass is 10.2. The zero-order chi connectivity index (χ0) is 14.5. The number of hydrogen-bond donors (Lipinski definition) is 2. The number of carbonyl (C=O) groups excluding carboxylic acids is 1. The van der Waals surface area contributed by atoms with Crippen molar-refractivity contribution < 1.29 is 9.90 Å². The lowest BCUT2D eigenvalue weighted by Crippen LogP contribution is -2.11. The number of aliphatic hydroxyl groups is 1. The quantitative estimate of drug-likeness (QED) is 0.833. The zero-order valence-corrected chi connectivity index (χ0v) is 12.0. The smallest absolute Gasteiger partial charge is 0.266 e. The van der Waals surface area contributed by atoms with Crippen molar-refractivity contribution in [1.29, 1.82) is 0 Å². The standard InChI is InChI=1S/C15H14N2O2S/c1-10-9-13(20-12(10)6-4-8-18)15(19)17-14-7-3-5-11(2)16-14/h3,5,7,9,18H,8H2,1-2H3,(H,16,17,19). The largest absolute Gasteiger partial charge is 0.384 e. The van der Waals surface area contributed by atoms with Crippen molar-refractivity contribution in [3.8, 4) is 11.8 Å². The fraction of sp³-hybridized carbons (Fsp3) is 0.200. The fourth-order valence-electron chi connectivity index (χ4n) is 1.63. The van der Waals surface area contributed by atoms with Gasteiger partial charge < -0.3 is 10.4 Å². The van der Waals surface area contributed by atoms with E-state index in [4.69, 9.17) is 5.11 Å². The minimum absolute atomic E-state index is 0.188. The summed E-state index contributed by atoms with van der Waals surface area (Å²) in [6.45, 7) is 3.57. The van der Waals surface area contributed by atoms with Gasteiger partial charge in [0.1, 0.15) is 12.4 Å². The van der Waals surface area contributed by atoms with E-state index in [0.29, 0.717) is 10.7 Å². The summed E-state index contributed by atoms with van der Waals surface area (Å²) in [5, 5.41) is 11.5. The highest BCUT2D eigenvalue weighted by Crippen LogP contribution is 2.21. The summed E-state index contributed by atoms with van der Waals surface area (Å²) in [6.07, 6.45) is 0. The maximum absolute atomic E-state index is 12.1. The van der Waals surface area contributed by atoms with Crippen LogP contribution in [0.25, 0.3) is 0 Å². The molecule has 0 fully saturated rings. The van der Waals surface area contributed by atoms with E-state index < -0.39 is 0 Å². The van der Waals surface area contributed by atoms with Gasteiger partial charge in [-0.15, -0.1) is 11.3 Å². The highest BCUT2D eigenvalue weighted by molar-refractivity contribution is 7.14. The number of amides is 1. The van der Waals surface area contributed by atoms with E-state index in [0.717, 1.165) is 16.1 Å². The van der Waals surface area contributed by atoms with Crippen LogP contribution in [0.1, 0.15) is 25.8 Å². The first-order valence-electron chi connectivity index (χ1n) is 6.05. The number of thiophene rings is 1. The van der Waals surface area contributed by atoms with Crippen LogP contribution in [0.4, 0.5) is 5.82 Å². The SMILES string of the molecule is Cc1cccc(NC(=O)c2cc(C)c(C#CCO)s2)n1. The molecule has 102 valence electrons. The zero-order valence-electron chi connectivity index (χ0n) is 11.2. The van der Waals surface area contributed by atoms with Gasteiger partial charge in [-0.2, -0.15) is 0 Å². The highest BCUT2D eigenvalue weighted by atomic mass is 32.1. The molecular weight excluding hydrogens is 272 g/mol. The Morgan fingerprint density at radius 1 is 1.45 bits per heavy atom. The van der Waals surface area contributed by atoms with Crippen molar-refractivity contribution in [2.75, 3.05) is 11.9 Å². The first kappa shape index (κ1) is 14.3. The third-order valence-corrected chi connectivity index (χ3v) is 3.70. The molecule has 0 spiro atoms. The highest BCUT2D eigenvalue weighted by Gasteiger charge is 2.12. The molecule has 0 unspecified atom stereocenters. The minimum atomic E-state index is -0.201. The molecule has 0 atom stereocenters. The van der Waals surface area contributed by atoms with Crippen LogP contribution in [-0.4, -0.2) is 22.6 Å². The summed E-state index contributed by atoms with van der Waals surface area (Å²) in [7, 11) is 0. The first-order chi connectivity index (χ1) is 9.60. The van der Waals surface area contributed by atoms with Crippen LogP contribution in [-0.2, 0) is 0 Å². The molecule has 2 rings (SSSR count). The Kier molecular flexibility index (Phi) is 4.51. The molecule has 2 N–H and O–H groups in total. The third kappa shape index (κ3) is 3.44. The van der Waals surface area contributed by atoms with Gasteiger partial charge in [0.05, 0.1) is 9.75 Å². The van der Waals surface area contributed by atoms with Gasteiger partial charge in [0.2, 0.25) is 0 Å². The van der Waals surface area contributed by atoms with Gasteiger partial charge in [0.15, 0.2) is 0 Å². The normalized spacial score (nSPS) is 9.75. The molecule has 0 saturated carbocycles. The average Bonchev–Trinajstić information content (AvgIpc) is 2.78. The minimum Gasteiger partial charge on any atom is -0.384 e. The number of hydrogen-bond acceptors (Lipinski definition) is 4. The Bertz CT molecular complexity index is 695. The van der Waals surface area contributed by atoms with Crippen molar-refractivity contribution >= 4 is 23.1 Å². The van der Waals surface area contributed by atoms with E-state index in [1.807, 2.05) is 26.0 Å². The second-order valence-electron chi connectivity index (χ2n) is 4.20. The van der Waals surface area contributed by atoms with Crippen LogP contribution in [0.2, 0.25) is 0 Å². The number of carbonyl (C=O) groups is 1. The van der Waals surface area contributed by atoms with E-state index in [1.54, 1.807) is 12.1 Å². The van der Waals surface area contributed by atoms with Crippen molar-refractivity contribution in [3.05, 3.63) is 45.3 Å². The van der Waals surface area contributed by atoms with Gasteiger partial charge in [0.25, 0.3) is 5.91 Å². The van der Waals surface area contributed by atoms with Gasteiger partial charge in [-0.3, -0.25) is 4.79 Å². The van der Waals surface area contributed by atoms with Crippen molar-refractivity contribution in [1.82, 2.24) is 4.98 Å². The maximum atomic E-state index is 12.1. The number of nitrogens with one attached hydrogen (secondary N) is 1. The molecule has 0 radical (unpaired) electrons. The molecule has 20 heavy (non-hydrogen) atoms. The van der Waals surface area contributed by atoms with Crippen LogP contribution in [0.15, 0.2) is 24.3 Å². The van der Waals surface area contributed by atoms with Crippen LogP contribution in [0.5, 0.6) is 0 Å². The molecule has 1 amide bonds. The second kappa shape index (κ2) is 6.33. The molecule has 2 aromatic heterocycles. The topological polar surface area (TPSA) is 62.2 Å². The summed E-state index contributed by atoms with van der Waals surface area (Å²) < 4.78 is 0. The lowest BCUT2D eigenvalue weighted by Gasteiger charge is -2.02. The predicted octanol–water partition coefficient (Wildman–Crippen LogP) is 2.36. The summed E-state index contributed by atoms with van der Waals surface area (Å²) in [4.78, 5) is 17.7. The van der Waals surface area contributed by atoms with Crippen molar-refractivity contribution in [2.45, 2.75) is 13.8 Å². The molecular formula is C15H14N2O2S. The third-order valence-electron chi connectivity index (χ3n) is 2.55. The van der Waals surface area contributed by atoms with Gasteiger partial charge in [0, 0.05) is 5.69 Å². The summed E-state index contributed by atoms with van der Waals surface area (Å²) in [5.74, 6) is 5.75. The molecule has 0 aliphatic heterocycles. The number of anilines is 1. The lowest BCUT2D eigenvalue weighted by molar-refractivity contribution is 0.103. The van der Waals surface area contributed by atoms with Crippen LogP contribution >= 0.6 is 11.3 Å². The number of aliphatic hydroxyl groups excluding tert-OH is 1. The van der Waals surface area contributed by atoms with E-state index >= 15 is 0 Å². The van der Waals surface area contributed by atoms with E-state index in [1.165, 1.54) is 11.3 Å². The average molecular weight is 286 g/mol. The van der Waals surface area contributed by atoms with Crippen LogP contribution in [0, 0.1) is 25.7 Å². The number of nitrogens with zero attached hydrogens (tertiary/aromatic N) is 1. The molecule has 0 aliphatic rings. The van der Waals surface area contributed by atoms with Gasteiger partial charge in [-0.1, -0.05) is 17.9 Å². The molecule has 4 nitrogen and oxygen atoms in total. The van der Waals surface area contributed by atoms with Gasteiger partial charge in [-0.25, -0.2) is 4.98 Å². The second-order valence-corrected chi connectivity index (χ2v) is 5.25. The van der Waals surface area contributed by atoms with Gasteiger partial charge >= 0.3 is 0 Å². The Labute approximate surface area is 121 Å². The first-order valence-corrected chi connectivity index (χ1v) is 6.87. The summed E-state index contributed by atoms with van der Waals surface area (Å²) >= 11 is 1.31. The predicted molar refractivity (Wildman–Crippen MR) is 79.9 cm³/mol. The number of pyridine rings is 1. The summed E-state index contributed by atoms with van der Waals surface area (Å²) in [6, 6.07) is 7.25. The Morgan fingerprint density at radius 2 is 2.25 bits per heavy atom. The number of aromatic nitrogens is 1. The maximum Gasteiger partial charge on any atom is 0.266 e. The molecule has 2 heterocycles. The van der Waals surface area contributed by atoms with Gasteiger partial charge in [-0.05, 0) is 37.6 Å². The molecule has 0 aliphatic carbocycles. The van der Waals surface area contributed by atoms with Crippen molar-refractivity contribution in [3.63, 3.8) is 0 Å². The number of rotatable bonds is 2. The summed E-state index contributed by atoms with van der Waals surface area (Å²) in [5.41, 5.74) is 1.78. The monoisotopic (exact) mass is 286 g/mol. The Hall–Kier alpha value is -2.16. The van der Waals surface area contributed by atoms with E-state index in [-0.39, 0.29) is 12.5 Å². The molecule has 0 bridgehead atoms.